The van der Waals surface area contributed by atoms with Crippen molar-refractivity contribution in [3.8, 4) is 5.88 Å². The van der Waals surface area contributed by atoms with E-state index in [2.05, 4.69) is 4.98 Å². The van der Waals surface area contributed by atoms with Crippen molar-refractivity contribution in [1.29, 1.82) is 0 Å². The third-order valence-electron chi connectivity index (χ3n) is 3.28. The molecule has 0 aromatic carbocycles. The number of aliphatic hydroxyl groups excluding tert-OH is 1. The standard InChI is InChI=1S/C13H18N2O3/c1-15(8-9-6-10(16)7-9)13(17)11-4-3-5-14-12(11)18-2/h3-5,9-10,16H,6-8H2,1-2H3. The molecule has 5 heteroatoms. The molecule has 0 radical (unpaired) electrons. The summed E-state index contributed by atoms with van der Waals surface area (Å²) in [5, 5.41) is 9.24. The number of methoxy groups -OCH3 is 1. The van der Waals surface area contributed by atoms with E-state index in [-0.39, 0.29) is 12.0 Å². The molecule has 1 amide bonds. The van der Waals surface area contributed by atoms with Crippen LogP contribution in [-0.2, 0) is 0 Å². The van der Waals surface area contributed by atoms with Gasteiger partial charge in [0.2, 0.25) is 5.88 Å². The maximum atomic E-state index is 12.2. The summed E-state index contributed by atoms with van der Waals surface area (Å²) in [5.74, 6) is 0.654. The van der Waals surface area contributed by atoms with Gasteiger partial charge in [0, 0.05) is 19.8 Å². The summed E-state index contributed by atoms with van der Waals surface area (Å²) in [6.07, 6.45) is 2.97. The van der Waals surface area contributed by atoms with E-state index < -0.39 is 0 Å². The van der Waals surface area contributed by atoms with Crippen molar-refractivity contribution in [2.24, 2.45) is 5.92 Å². The summed E-state index contributed by atoms with van der Waals surface area (Å²) in [7, 11) is 3.26. The monoisotopic (exact) mass is 250 g/mol. The molecule has 0 saturated heterocycles. The van der Waals surface area contributed by atoms with Crippen LogP contribution in [0.3, 0.4) is 0 Å². The maximum Gasteiger partial charge on any atom is 0.259 e. The van der Waals surface area contributed by atoms with Gasteiger partial charge < -0.3 is 14.7 Å². The lowest BCUT2D eigenvalue weighted by molar-refractivity contribution is 0.0264. The van der Waals surface area contributed by atoms with Gasteiger partial charge in [0.1, 0.15) is 5.56 Å². The van der Waals surface area contributed by atoms with E-state index in [0.29, 0.717) is 23.9 Å². The zero-order valence-corrected chi connectivity index (χ0v) is 10.7. The molecule has 0 spiro atoms. The fourth-order valence-corrected chi connectivity index (χ4v) is 2.24. The molecule has 1 saturated carbocycles. The SMILES string of the molecule is COc1ncccc1C(=O)N(C)CC1CC(O)C1. The second-order valence-corrected chi connectivity index (χ2v) is 4.74. The number of nitrogens with zero attached hydrogens (tertiary/aromatic N) is 2. The number of pyridine rings is 1. The van der Waals surface area contributed by atoms with Gasteiger partial charge in [-0.1, -0.05) is 0 Å². The minimum absolute atomic E-state index is 0.0960. The number of amides is 1. The fraction of sp³-hybridized carbons (Fsp3) is 0.538. The van der Waals surface area contributed by atoms with E-state index in [9.17, 15) is 9.90 Å². The number of rotatable bonds is 4. The summed E-state index contributed by atoms with van der Waals surface area (Å²) in [6, 6.07) is 3.43. The molecule has 1 aliphatic carbocycles. The van der Waals surface area contributed by atoms with Crippen LogP contribution in [0.2, 0.25) is 0 Å². The summed E-state index contributed by atoms with van der Waals surface area (Å²) in [4.78, 5) is 17.9. The quantitative estimate of drug-likeness (QED) is 0.863. The van der Waals surface area contributed by atoms with Crippen molar-refractivity contribution in [1.82, 2.24) is 9.88 Å². The molecule has 0 atom stereocenters. The van der Waals surface area contributed by atoms with Crippen LogP contribution in [0.4, 0.5) is 0 Å². The number of hydrogen-bond donors (Lipinski definition) is 1. The Labute approximate surface area is 106 Å². The molecule has 0 bridgehead atoms. The van der Waals surface area contributed by atoms with Gasteiger partial charge in [-0.3, -0.25) is 4.79 Å². The molecule has 18 heavy (non-hydrogen) atoms. The van der Waals surface area contributed by atoms with Crippen molar-refractivity contribution in [2.45, 2.75) is 18.9 Å². The van der Waals surface area contributed by atoms with Crippen LogP contribution in [0, 0.1) is 5.92 Å². The Morgan fingerprint density at radius 1 is 1.61 bits per heavy atom. The average molecular weight is 250 g/mol. The molecule has 1 aromatic rings. The Morgan fingerprint density at radius 3 is 2.94 bits per heavy atom. The van der Waals surface area contributed by atoms with Crippen molar-refractivity contribution in [3.63, 3.8) is 0 Å². The summed E-state index contributed by atoms with van der Waals surface area (Å²) >= 11 is 0. The molecule has 1 aliphatic rings. The number of aliphatic hydroxyl groups is 1. The van der Waals surface area contributed by atoms with Crippen LogP contribution in [0.5, 0.6) is 5.88 Å². The normalized spacial score (nSPS) is 22.2. The predicted molar refractivity (Wildman–Crippen MR) is 66.5 cm³/mol. The Kier molecular flexibility index (Phi) is 3.81. The Morgan fingerprint density at radius 2 is 2.33 bits per heavy atom. The van der Waals surface area contributed by atoms with Gasteiger partial charge in [-0.15, -0.1) is 0 Å². The summed E-state index contributed by atoms with van der Waals surface area (Å²) in [5.41, 5.74) is 0.474. The highest BCUT2D eigenvalue weighted by Gasteiger charge is 2.29. The number of ether oxygens (including phenoxy) is 1. The number of aromatic nitrogens is 1. The molecule has 0 unspecified atom stereocenters. The predicted octanol–water partition coefficient (Wildman–Crippen LogP) is 0.933. The molecule has 98 valence electrons. The Balaban J connectivity index is 2.01. The average Bonchev–Trinajstić information content (AvgIpc) is 2.35. The molecule has 1 heterocycles. The van der Waals surface area contributed by atoms with Crippen LogP contribution in [0.15, 0.2) is 18.3 Å². The molecule has 1 N–H and O–H groups in total. The minimum Gasteiger partial charge on any atom is -0.480 e. The highest BCUT2D eigenvalue weighted by Crippen LogP contribution is 2.28. The molecular weight excluding hydrogens is 232 g/mol. The van der Waals surface area contributed by atoms with Gasteiger partial charge in [-0.2, -0.15) is 0 Å². The first-order valence-electron chi connectivity index (χ1n) is 6.04. The number of carbonyl (C=O) groups is 1. The molecule has 5 nitrogen and oxygen atoms in total. The van der Waals surface area contributed by atoms with Crippen molar-refractivity contribution in [2.75, 3.05) is 20.7 Å². The van der Waals surface area contributed by atoms with Gasteiger partial charge in [0.05, 0.1) is 13.2 Å². The van der Waals surface area contributed by atoms with Gasteiger partial charge in [0.15, 0.2) is 0 Å². The zero-order valence-electron chi connectivity index (χ0n) is 10.7. The van der Waals surface area contributed by atoms with E-state index in [4.69, 9.17) is 4.74 Å². The van der Waals surface area contributed by atoms with Gasteiger partial charge >= 0.3 is 0 Å². The topological polar surface area (TPSA) is 62.7 Å². The summed E-state index contributed by atoms with van der Waals surface area (Å²) < 4.78 is 5.08. The maximum absolute atomic E-state index is 12.2. The second-order valence-electron chi connectivity index (χ2n) is 4.74. The second kappa shape index (κ2) is 5.35. The summed E-state index contributed by atoms with van der Waals surface area (Å²) in [6.45, 7) is 0.661. The Bertz CT molecular complexity index is 430. The lowest BCUT2D eigenvalue weighted by Crippen LogP contribution is -2.39. The zero-order chi connectivity index (χ0) is 13.1. The van der Waals surface area contributed by atoms with E-state index in [1.54, 1.807) is 30.3 Å². The lowest BCUT2D eigenvalue weighted by atomic mass is 9.82. The van der Waals surface area contributed by atoms with Crippen LogP contribution in [-0.4, -0.2) is 47.7 Å². The highest BCUT2D eigenvalue weighted by atomic mass is 16.5. The largest absolute Gasteiger partial charge is 0.480 e. The van der Waals surface area contributed by atoms with Crippen molar-refractivity contribution in [3.05, 3.63) is 23.9 Å². The third kappa shape index (κ3) is 2.61. The third-order valence-corrected chi connectivity index (χ3v) is 3.28. The lowest BCUT2D eigenvalue weighted by Gasteiger charge is -2.34. The van der Waals surface area contributed by atoms with Crippen LogP contribution in [0.1, 0.15) is 23.2 Å². The first-order valence-corrected chi connectivity index (χ1v) is 6.04. The Hall–Kier alpha value is -1.62. The molecule has 1 aromatic heterocycles. The van der Waals surface area contributed by atoms with Crippen molar-refractivity contribution >= 4 is 5.91 Å². The minimum atomic E-state index is -0.188. The molecule has 2 rings (SSSR count). The number of carbonyl (C=O) groups excluding carboxylic acids is 1. The van der Waals surface area contributed by atoms with Gasteiger partial charge in [-0.25, -0.2) is 4.98 Å². The van der Waals surface area contributed by atoms with E-state index in [1.807, 2.05) is 0 Å². The molecular formula is C13H18N2O3. The van der Waals surface area contributed by atoms with Gasteiger partial charge in [-0.05, 0) is 30.9 Å². The molecule has 1 fully saturated rings. The van der Waals surface area contributed by atoms with Gasteiger partial charge in [0.25, 0.3) is 5.91 Å². The first-order chi connectivity index (χ1) is 8.61. The fourth-order valence-electron chi connectivity index (χ4n) is 2.24. The smallest absolute Gasteiger partial charge is 0.259 e. The number of hydrogen-bond acceptors (Lipinski definition) is 4. The molecule has 0 aliphatic heterocycles. The van der Waals surface area contributed by atoms with E-state index in [1.165, 1.54) is 7.11 Å². The van der Waals surface area contributed by atoms with Crippen molar-refractivity contribution < 1.29 is 14.6 Å². The highest BCUT2D eigenvalue weighted by molar-refractivity contribution is 5.96. The van der Waals surface area contributed by atoms with Crippen LogP contribution < -0.4 is 4.74 Å². The van der Waals surface area contributed by atoms with Crippen LogP contribution in [0.25, 0.3) is 0 Å². The van der Waals surface area contributed by atoms with Crippen LogP contribution >= 0.6 is 0 Å². The first kappa shape index (κ1) is 12.8. The van der Waals surface area contributed by atoms with E-state index >= 15 is 0 Å². The van der Waals surface area contributed by atoms with E-state index in [0.717, 1.165) is 12.8 Å².